The fourth-order valence-electron chi connectivity index (χ4n) is 2.65. The molecule has 2 atom stereocenters. The number of nitrogens with zero attached hydrogens (tertiary/aromatic N) is 3. The highest BCUT2D eigenvalue weighted by Crippen LogP contribution is 2.21. The van der Waals surface area contributed by atoms with Crippen molar-refractivity contribution in [2.45, 2.75) is 38.8 Å². The van der Waals surface area contributed by atoms with E-state index in [1.807, 2.05) is 13.8 Å². The molecule has 1 aliphatic heterocycles. The number of carboxylic acid groups (broad SMARTS) is 1. The van der Waals surface area contributed by atoms with E-state index < -0.39 is 18.1 Å². The SMILES string of the molecule is Cc1nn(C)c(C)c1CC(=O)N1CC(O)C[C@H]1C(=O)O. The van der Waals surface area contributed by atoms with Gasteiger partial charge in [-0.05, 0) is 13.8 Å². The standard InChI is InChI=1S/C13H19N3O4/c1-7-10(8(2)15(3)14-7)5-12(18)16-6-9(17)4-11(16)13(19)20/h9,11,17H,4-6H2,1-3H3,(H,19,20)/t9?,11-/m0/s1. The summed E-state index contributed by atoms with van der Waals surface area (Å²) in [5.41, 5.74) is 2.48. The van der Waals surface area contributed by atoms with Crippen molar-refractivity contribution < 1.29 is 19.8 Å². The van der Waals surface area contributed by atoms with Gasteiger partial charge < -0.3 is 15.1 Å². The molecule has 1 fully saturated rings. The lowest BCUT2D eigenvalue weighted by molar-refractivity contribution is -0.148. The first-order valence-corrected chi connectivity index (χ1v) is 6.50. The van der Waals surface area contributed by atoms with Gasteiger partial charge in [0, 0.05) is 31.3 Å². The summed E-state index contributed by atoms with van der Waals surface area (Å²) < 4.78 is 1.70. The molecule has 2 heterocycles. The van der Waals surface area contributed by atoms with Crippen molar-refractivity contribution in [2.75, 3.05) is 6.54 Å². The third-order valence-corrected chi connectivity index (χ3v) is 3.87. The van der Waals surface area contributed by atoms with Crippen molar-refractivity contribution in [1.82, 2.24) is 14.7 Å². The van der Waals surface area contributed by atoms with Gasteiger partial charge in [-0.3, -0.25) is 9.48 Å². The van der Waals surface area contributed by atoms with E-state index >= 15 is 0 Å². The van der Waals surface area contributed by atoms with Crippen LogP contribution in [-0.4, -0.2) is 55.5 Å². The summed E-state index contributed by atoms with van der Waals surface area (Å²) in [5, 5.41) is 22.9. The lowest BCUT2D eigenvalue weighted by Crippen LogP contribution is -2.41. The lowest BCUT2D eigenvalue weighted by Gasteiger charge is -2.21. The van der Waals surface area contributed by atoms with Crippen LogP contribution in [0.3, 0.4) is 0 Å². The number of aliphatic hydroxyl groups is 1. The van der Waals surface area contributed by atoms with Crippen LogP contribution in [-0.2, 0) is 23.1 Å². The van der Waals surface area contributed by atoms with Crippen LogP contribution >= 0.6 is 0 Å². The molecule has 7 heteroatoms. The van der Waals surface area contributed by atoms with Crippen LogP contribution in [0.5, 0.6) is 0 Å². The fraction of sp³-hybridized carbons (Fsp3) is 0.615. The smallest absolute Gasteiger partial charge is 0.326 e. The molecule has 1 aliphatic rings. The second-order valence-electron chi connectivity index (χ2n) is 5.24. The Kier molecular flexibility index (Phi) is 3.80. The maximum atomic E-state index is 12.3. The van der Waals surface area contributed by atoms with Gasteiger partial charge in [0.2, 0.25) is 5.91 Å². The van der Waals surface area contributed by atoms with Crippen molar-refractivity contribution in [3.05, 3.63) is 17.0 Å². The minimum atomic E-state index is -1.07. The average Bonchev–Trinajstić information content (AvgIpc) is 2.85. The molecule has 0 spiro atoms. The number of carbonyl (C=O) groups is 2. The maximum Gasteiger partial charge on any atom is 0.326 e. The van der Waals surface area contributed by atoms with E-state index in [4.69, 9.17) is 5.11 Å². The maximum absolute atomic E-state index is 12.3. The predicted molar refractivity (Wildman–Crippen MR) is 70.1 cm³/mol. The lowest BCUT2D eigenvalue weighted by atomic mass is 10.1. The Balaban J connectivity index is 2.17. The first-order chi connectivity index (χ1) is 9.31. The number of likely N-dealkylation sites (tertiary alicyclic amines) is 1. The van der Waals surface area contributed by atoms with E-state index in [0.717, 1.165) is 17.0 Å². The number of aliphatic carboxylic acids is 1. The highest BCUT2D eigenvalue weighted by Gasteiger charge is 2.39. The van der Waals surface area contributed by atoms with Crippen LogP contribution < -0.4 is 0 Å². The van der Waals surface area contributed by atoms with Crippen LogP contribution in [0.15, 0.2) is 0 Å². The summed E-state index contributed by atoms with van der Waals surface area (Å²) in [6.45, 7) is 3.77. The Morgan fingerprint density at radius 2 is 2.05 bits per heavy atom. The molecule has 1 aromatic heterocycles. The molecular formula is C13H19N3O4. The number of aromatic nitrogens is 2. The first-order valence-electron chi connectivity index (χ1n) is 6.50. The van der Waals surface area contributed by atoms with Crippen LogP contribution in [0.2, 0.25) is 0 Å². The summed E-state index contributed by atoms with van der Waals surface area (Å²) in [6, 6.07) is -0.935. The van der Waals surface area contributed by atoms with Crippen molar-refractivity contribution in [1.29, 1.82) is 0 Å². The van der Waals surface area contributed by atoms with Gasteiger partial charge in [-0.15, -0.1) is 0 Å². The van der Waals surface area contributed by atoms with E-state index in [1.165, 1.54) is 4.90 Å². The zero-order valence-electron chi connectivity index (χ0n) is 11.8. The summed E-state index contributed by atoms with van der Waals surface area (Å²) in [7, 11) is 1.80. The normalized spacial score (nSPS) is 22.3. The number of carboxylic acids is 1. The number of rotatable bonds is 3. The molecule has 1 amide bonds. The summed E-state index contributed by atoms with van der Waals surface area (Å²) in [4.78, 5) is 24.7. The summed E-state index contributed by atoms with van der Waals surface area (Å²) in [6.07, 6.45) is -0.565. The van der Waals surface area contributed by atoms with Gasteiger partial charge in [-0.1, -0.05) is 0 Å². The zero-order chi connectivity index (χ0) is 15.0. The Hall–Kier alpha value is -1.89. The first kappa shape index (κ1) is 14.5. The number of aliphatic hydroxyl groups excluding tert-OH is 1. The molecule has 0 bridgehead atoms. The molecule has 2 N–H and O–H groups in total. The number of amides is 1. The van der Waals surface area contributed by atoms with Gasteiger partial charge in [0.1, 0.15) is 6.04 Å². The molecule has 1 unspecified atom stereocenters. The molecule has 0 saturated carbocycles. The molecule has 7 nitrogen and oxygen atoms in total. The van der Waals surface area contributed by atoms with Crippen LogP contribution in [0.25, 0.3) is 0 Å². The quantitative estimate of drug-likeness (QED) is 0.788. The van der Waals surface area contributed by atoms with Crippen molar-refractivity contribution in [2.24, 2.45) is 7.05 Å². The molecule has 2 rings (SSSR count). The Labute approximate surface area is 116 Å². The van der Waals surface area contributed by atoms with Gasteiger partial charge in [0.15, 0.2) is 0 Å². The number of aryl methyl sites for hydroxylation is 2. The summed E-state index contributed by atoms with van der Waals surface area (Å²) in [5.74, 6) is -1.36. The zero-order valence-corrected chi connectivity index (χ0v) is 11.8. The number of hydrogen-bond donors (Lipinski definition) is 2. The van der Waals surface area contributed by atoms with Gasteiger partial charge in [-0.25, -0.2) is 4.79 Å². The molecule has 110 valence electrons. The van der Waals surface area contributed by atoms with Crippen LogP contribution in [0.4, 0.5) is 0 Å². The Bertz CT molecular complexity index is 552. The predicted octanol–water partition coefficient (Wildman–Crippen LogP) is -0.374. The van der Waals surface area contributed by atoms with Gasteiger partial charge in [0.25, 0.3) is 0 Å². The topological polar surface area (TPSA) is 95.7 Å². The van der Waals surface area contributed by atoms with E-state index in [2.05, 4.69) is 5.10 Å². The number of β-amino-alcohol motifs (C(OH)–C–C–N with tert-alkyl or cyclic N) is 1. The second-order valence-corrected chi connectivity index (χ2v) is 5.24. The van der Waals surface area contributed by atoms with Gasteiger partial charge >= 0.3 is 5.97 Å². The Morgan fingerprint density at radius 1 is 1.40 bits per heavy atom. The molecular weight excluding hydrogens is 262 g/mol. The van der Waals surface area contributed by atoms with Crippen LogP contribution in [0, 0.1) is 13.8 Å². The van der Waals surface area contributed by atoms with Gasteiger partial charge in [0.05, 0.1) is 18.2 Å². The van der Waals surface area contributed by atoms with Gasteiger partial charge in [-0.2, -0.15) is 5.10 Å². The Morgan fingerprint density at radius 3 is 2.55 bits per heavy atom. The van der Waals surface area contributed by atoms with E-state index in [1.54, 1.807) is 11.7 Å². The minimum absolute atomic E-state index is 0.0775. The van der Waals surface area contributed by atoms with Crippen molar-refractivity contribution >= 4 is 11.9 Å². The monoisotopic (exact) mass is 281 g/mol. The highest BCUT2D eigenvalue weighted by molar-refractivity contribution is 5.86. The number of hydrogen-bond acceptors (Lipinski definition) is 4. The largest absolute Gasteiger partial charge is 0.480 e. The molecule has 0 aliphatic carbocycles. The average molecular weight is 281 g/mol. The number of carbonyl (C=O) groups excluding carboxylic acids is 1. The third kappa shape index (κ3) is 2.53. The second kappa shape index (κ2) is 5.24. The van der Waals surface area contributed by atoms with Crippen molar-refractivity contribution in [3.63, 3.8) is 0 Å². The fourth-order valence-corrected chi connectivity index (χ4v) is 2.65. The van der Waals surface area contributed by atoms with E-state index in [9.17, 15) is 14.7 Å². The molecule has 1 saturated heterocycles. The molecule has 1 aromatic rings. The van der Waals surface area contributed by atoms with Crippen molar-refractivity contribution in [3.8, 4) is 0 Å². The minimum Gasteiger partial charge on any atom is -0.480 e. The van der Waals surface area contributed by atoms with E-state index in [-0.39, 0.29) is 25.3 Å². The highest BCUT2D eigenvalue weighted by atomic mass is 16.4. The third-order valence-electron chi connectivity index (χ3n) is 3.87. The molecule has 0 radical (unpaired) electrons. The molecule has 20 heavy (non-hydrogen) atoms. The van der Waals surface area contributed by atoms with Crippen LogP contribution in [0.1, 0.15) is 23.4 Å². The summed E-state index contributed by atoms with van der Waals surface area (Å²) >= 11 is 0. The van der Waals surface area contributed by atoms with E-state index in [0.29, 0.717) is 0 Å². The molecule has 0 aromatic carbocycles.